The molecule has 2 rings (SSSR count). The number of thiol groups is 1. The van der Waals surface area contributed by atoms with Gasteiger partial charge in [-0.25, -0.2) is 17.6 Å². The zero-order valence-corrected chi connectivity index (χ0v) is 10.3. The van der Waals surface area contributed by atoms with Gasteiger partial charge in [0, 0.05) is 16.5 Å². The highest BCUT2D eigenvalue weighted by Crippen LogP contribution is 2.36. The van der Waals surface area contributed by atoms with Gasteiger partial charge in [-0.2, -0.15) is 0 Å². The van der Waals surface area contributed by atoms with Crippen molar-refractivity contribution in [2.24, 2.45) is 0 Å². The lowest BCUT2D eigenvalue weighted by atomic mass is 10.0. The third-order valence-corrected chi connectivity index (χ3v) is 2.97. The average molecular weight is 293 g/mol. The SMILES string of the molecule is Fc1cc(F)c(-c2c(F)ccc(S)c2F)c(Cl)c1. The van der Waals surface area contributed by atoms with Gasteiger partial charge in [-0.1, -0.05) is 11.6 Å². The van der Waals surface area contributed by atoms with Gasteiger partial charge < -0.3 is 0 Å². The minimum atomic E-state index is -1.14. The minimum absolute atomic E-state index is 0.161. The van der Waals surface area contributed by atoms with Crippen molar-refractivity contribution in [2.45, 2.75) is 4.90 Å². The van der Waals surface area contributed by atoms with E-state index in [4.69, 9.17) is 11.6 Å². The average Bonchev–Trinajstić information content (AvgIpc) is 2.27. The standard InChI is InChI=1S/C12H5ClF4S/c13-6-3-5(14)4-8(16)10(6)11-7(15)1-2-9(18)12(11)17/h1-4,18H. The Morgan fingerprint density at radius 1 is 0.889 bits per heavy atom. The van der Waals surface area contributed by atoms with Crippen LogP contribution in [0.5, 0.6) is 0 Å². The summed E-state index contributed by atoms with van der Waals surface area (Å²) in [6, 6.07) is 3.31. The number of hydrogen-bond acceptors (Lipinski definition) is 1. The maximum absolute atomic E-state index is 13.8. The molecule has 0 aliphatic carbocycles. The molecule has 0 saturated carbocycles. The molecule has 0 saturated heterocycles. The van der Waals surface area contributed by atoms with Crippen LogP contribution in [-0.4, -0.2) is 0 Å². The predicted octanol–water partition coefficient (Wildman–Crippen LogP) is 4.85. The summed E-state index contributed by atoms with van der Waals surface area (Å²) in [5, 5.41) is -0.413. The van der Waals surface area contributed by atoms with E-state index in [1.807, 2.05) is 0 Å². The molecule has 0 aromatic heterocycles. The highest BCUT2D eigenvalue weighted by Gasteiger charge is 2.21. The van der Waals surface area contributed by atoms with Crippen LogP contribution in [0.1, 0.15) is 0 Å². The molecular formula is C12H5ClF4S. The lowest BCUT2D eigenvalue weighted by Gasteiger charge is -2.10. The Labute approximate surface area is 111 Å². The van der Waals surface area contributed by atoms with E-state index in [-0.39, 0.29) is 4.90 Å². The van der Waals surface area contributed by atoms with Crippen LogP contribution in [0, 0.1) is 23.3 Å². The van der Waals surface area contributed by atoms with E-state index in [0.717, 1.165) is 18.2 Å². The molecule has 0 aliphatic heterocycles. The molecule has 0 unspecified atom stereocenters. The fraction of sp³-hybridized carbons (Fsp3) is 0. The summed E-state index contributed by atoms with van der Waals surface area (Å²) in [5.74, 6) is -4.12. The summed E-state index contributed by atoms with van der Waals surface area (Å²) in [5.41, 5.74) is -1.19. The van der Waals surface area contributed by atoms with Crippen molar-refractivity contribution in [1.82, 2.24) is 0 Å². The van der Waals surface area contributed by atoms with Gasteiger partial charge in [0.05, 0.1) is 10.6 Å². The first kappa shape index (κ1) is 13.2. The zero-order valence-electron chi connectivity index (χ0n) is 8.65. The molecule has 94 valence electrons. The van der Waals surface area contributed by atoms with E-state index in [1.165, 1.54) is 0 Å². The Kier molecular flexibility index (Phi) is 3.54. The normalized spacial score (nSPS) is 10.8. The van der Waals surface area contributed by atoms with Crippen LogP contribution < -0.4 is 0 Å². The van der Waals surface area contributed by atoms with Crippen molar-refractivity contribution < 1.29 is 17.6 Å². The van der Waals surface area contributed by atoms with Crippen LogP contribution >= 0.6 is 24.2 Å². The summed E-state index contributed by atoms with van der Waals surface area (Å²) < 4.78 is 53.8. The molecule has 0 fully saturated rings. The third-order valence-electron chi connectivity index (χ3n) is 2.33. The van der Waals surface area contributed by atoms with Gasteiger partial charge in [0.25, 0.3) is 0 Å². The first-order valence-corrected chi connectivity index (χ1v) is 5.56. The van der Waals surface area contributed by atoms with E-state index in [1.54, 1.807) is 0 Å². The van der Waals surface area contributed by atoms with E-state index in [0.29, 0.717) is 6.07 Å². The van der Waals surface area contributed by atoms with Gasteiger partial charge in [-0.15, -0.1) is 12.6 Å². The second-order valence-corrected chi connectivity index (χ2v) is 4.39. The van der Waals surface area contributed by atoms with Crippen LogP contribution in [-0.2, 0) is 0 Å². The van der Waals surface area contributed by atoms with Crippen molar-refractivity contribution in [2.75, 3.05) is 0 Å². The molecule has 2 aromatic rings. The predicted molar refractivity (Wildman–Crippen MR) is 64.0 cm³/mol. The molecule has 0 spiro atoms. The molecule has 6 heteroatoms. The van der Waals surface area contributed by atoms with Crippen molar-refractivity contribution in [3.05, 3.63) is 52.6 Å². The largest absolute Gasteiger partial charge is 0.207 e. The Bertz CT molecular complexity index is 605. The smallest absolute Gasteiger partial charge is 0.147 e. The molecule has 0 bridgehead atoms. The topological polar surface area (TPSA) is 0 Å². The van der Waals surface area contributed by atoms with E-state index < -0.39 is 39.4 Å². The molecule has 0 radical (unpaired) electrons. The van der Waals surface area contributed by atoms with Gasteiger partial charge >= 0.3 is 0 Å². The summed E-state index contributed by atoms with van der Waals surface area (Å²) >= 11 is 9.40. The summed E-state index contributed by atoms with van der Waals surface area (Å²) in [6.45, 7) is 0. The highest BCUT2D eigenvalue weighted by atomic mass is 35.5. The number of benzene rings is 2. The molecule has 0 aliphatic rings. The fourth-order valence-corrected chi connectivity index (χ4v) is 2.03. The summed E-state index contributed by atoms with van der Waals surface area (Å²) in [6.07, 6.45) is 0. The minimum Gasteiger partial charge on any atom is -0.207 e. The van der Waals surface area contributed by atoms with E-state index in [9.17, 15) is 17.6 Å². The Morgan fingerprint density at radius 3 is 2.17 bits per heavy atom. The summed E-state index contributed by atoms with van der Waals surface area (Å²) in [7, 11) is 0. The number of hydrogen-bond donors (Lipinski definition) is 1. The molecule has 0 atom stereocenters. The Hall–Kier alpha value is -1.20. The van der Waals surface area contributed by atoms with Crippen molar-refractivity contribution in [3.63, 3.8) is 0 Å². The third kappa shape index (κ3) is 2.20. The molecular weight excluding hydrogens is 288 g/mol. The number of halogens is 5. The van der Waals surface area contributed by atoms with E-state index >= 15 is 0 Å². The Morgan fingerprint density at radius 2 is 1.56 bits per heavy atom. The molecule has 0 amide bonds. The highest BCUT2D eigenvalue weighted by molar-refractivity contribution is 7.80. The van der Waals surface area contributed by atoms with Gasteiger partial charge in [0.15, 0.2) is 0 Å². The summed E-state index contributed by atoms with van der Waals surface area (Å²) in [4.78, 5) is -0.161. The second kappa shape index (κ2) is 4.82. The molecule has 0 heterocycles. The van der Waals surface area contributed by atoms with Crippen molar-refractivity contribution in [3.8, 4) is 11.1 Å². The lowest BCUT2D eigenvalue weighted by Crippen LogP contribution is -1.96. The van der Waals surface area contributed by atoms with Crippen molar-refractivity contribution >= 4 is 24.2 Å². The molecule has 0 nitrogen and oxygen atoms in total. The monoisotopic (exact) mass is 292 g/mol. The van der Waals surface area contributed by atoms with Crippen LogP contribution in [0.15, 0.2) is 29.2 Å². The van der Waals surface area contributed by atoms with Gasteiger partial charge in [-0.3, -0.25) is 0 Å². The van der Waals surface area contributed by atoms with Crippen LogP contribution in [0.4, 0.5) is 17.6 Å². The van der Waals surface area contributed by atoms with Crippen LogP contribution in [0.3, 0.4) is 0 Å². The molecule has 0 N–H and O–H groups in total. The number of rotatable bonds is 1. The first-order valence-electron chi connectivity index (χ1n) is 4.73. The van der Waals surface area contributed by atoms with Crippen LogP contribution in [0.2, 0.25) is 5.02 Å². The zero-order chi connectivity index (χ0) is 13.4. The van der Waals surface area contributed by atoms with Crippen LogP contribution in [0.25, 0.3) is 11.1 Å². The van der Waals surface area contributed by atoms with Gasteiger partial charge in [0.2, 0.25) is 0 Å². The second-order valence-electron chi connectivity index (χ2n) is 3.50. The first-order chi connectivity index (χ1) is 8.41. The van der Waals surface area contributed by atoms with E-state index in [2.05, 4.69) is 12.6 Å². The maximum Gasteiger partial charge on any atom is 0.147 e. The Balaban J connectivity index is 2.81. The molecule has 2 aromatic carbocycles. The molecule has 18 heavy (non-hydrogen) atoms. The quantitative estimate of drug-likeness (QED) is 0.563. The van der Waals surface area contributed by atoms with Crippen molar-refractivity contribution in [1.29, 1.82) is 0 Å². The van der Waals surface area contributed by atoms with Gasteiger partial charge in [-0.05, 0) is 18.2 Å². The lowest BCUT2D eigenvalue weighted by molar-refractivity contribution is 0.561. The maximum atomic E-state index is 13.8. The fourth-order valence-electron chi connectivity index (χ4n) is 1.55. The van der Waals surface area contributed by atoms with Gasteiger partial charge in [0.1, 0.15) is 23.3 Å².